The van der Waals surface area contributed by atoms with Crippen LogP contribution < -0.4 is 15.2 Å². The largest absolute Gasteiger partial charge is 0.550 e. The molecule has 0 bridgehead atoms. The van der Waals surface area contributed by atoms with Crippen LogP contribution in [-0.2, 0) is 4.79 Å². The van der Waals surface area contributed by atoms with Gasteiger partial charge in [0.2, 0.25) is 0 Å². The second kappa shape index (κ2) is 6.46. The highest BCUT2D eigenvalue weighted by Gasteiger charge is 2.22. The lowest BCUT2D eigenvalue weighted by Gasteiger charge is -2.31. The quantitative estimate of drug-likeness (QED) is 0.901. The number of aliphatic carboxylic acids is 1. The van der Waals surface area contributed by atoms with Gasteiger partial charge >= 0.3 is 0 Å². The van der Waals surface area contributed by atoms with Crippen molar-refractivity contribution in [2.75, 3.05) is 11.9 Å². The maximum absolute atomic E-state index is 8.89. The van der Waals surface area contributed by atoms with E-state index in [0.29, 0.717) is 6.61 Å². The molecule has 1 aromatic rings. The average molecular weight is 276 g/mol. The molecular formula is C16H22NO3-. The molecule has 0 unspecified atom stereocenters. The van der Waals surface area contributed by atoms with Crippen LogP contribution in [0.3, 0.4) is 0 Å². The van der Waals surface area contributed by atoms with Gasteiger partial charge in [0.25, 0.3) is 0 Å². The summed E-state index contributed by atoms with van der Waals surface area (Å²) in [6, 6.07) is 6.22. The first-order valence-electron chi connectivity index (χ1n) is 6.67. The Morgan fingerprint density at radius 1 is 1.40 bits per heavy atom. The van der Waals surface area contributed by atoms with E-state index in [2.05, 4.69) is 44.3 Å². The second-order valence-corrected chi connectivity index (χ2v) is 5.31. The molecule has 0 saturated carbocycles. The number of allylic oxidation sites excluding steroid dienone is 1. The highest BCUT2D eigenvalue weighted by atomic mass is 16.5. The number of fused-ring (bicyclic) bond motifs is 1. The van der Waals surface area contributed by atoms with E-state index in [1.807, 2.05) is 13.0 Å². The van der Waals surface area contributed by atoms with Crippen LogP contribution in [0.25, 0.3) is 5.57 Å². The van der Waals surface area contributed by atoms with Crippen LogP contribution in [0.4, 0.5) is 5.69 Å². The fraction of sp³-hybridized carbons (Fsp3) is 0.438. The smallest absolute Gasteiger partial charge is 0.120 e. The fourth-order valence-electron chi connectivity index (χ4n) is 2.22. The number of carboxylic acid groups (broad SMARTS) is 1. The van der Waals surface area contributed by atoms with Crippen LogP contribution in [0.1, 0.15) is 40.2 Å². The van der Waals surface area contributed by atoms with E-state index in [9.17, 15) is 0 Å². The van der Waals surface area contributed by atoms with E-state index < -0.39 is 5.97 Å². The van der Waals surface area contributed by atoms with Crippen molar-refractivity contribution < 1.29 is 14.6 Å². The first kappa shape index (κ1) is 16.1. The van der Waals surface area contributed by atoms with Gasteiger partial charge in [-0.15, -0.1) is 0 Å². The molecule has 1 heterocycles. The Labute approximate surface area is 120 Å². The molecule has 110 valence electrons. The van der Waals surface area contributed by atoms with E-state index in [1.165, 1.54) is 16.8 Å². The molecule has 2 rings (SSSR count). The third-order valence-electron chi connectivity index (χ3n) is 2.76. The Hall–Kier alpha value is -1.97. The zero-order chi connectivity index (χ0) is 15.3. The minimum Gasteiger partial charge on any atom is -0.550 e. The maximum atomic E-state index is 8.89. The van der Waals surface area contributed by atoms with Crippen molar-refractivity contribution in [3.05, 3.63) is 29.8 Å². The lowest BCUT2D eigenvalue weighted by Crippen LogP contribution is -2.31. The molecule has 0 spiro atoms. The predicted molar refractivity (Wildman–Crippen MR) is 79.6 cm³/mol. The summed E-state index contributed by atoms with van der Waals surface area (Å²) in [5, 5.41) is 12.4. The summed E-state index contributed by atoms with van der Waals surface area (Å²) < 4.78 is 5.52. The van der Waals surface area contributed by atoms with Crippen molar-refractivity contribution in [2.24, 2.45) is 0 Å². The van der Waals surface area contributed by atoms with E-state index in [-0.39, 0.29) is 5.54 Å². The summed E-state index contributed by atoms with van der Waals surface area (Å²) in [5.74, 6) is -0.143. The fourth-order valence-corrected chi connectivity index (χ4v) is 2.22. The lowest BCUT2D eigenvalue weighted by molar-refractivity contribution is -0.302. The molecule has 1 aromatic carbocycles. The van der Waals surface area contributed by atoms with Crippen molar-refractivity contribution in [3.8, 4) is 5.75 Å². The summed E-state index contributed by atoms with van der Waals surface area (Å²) in [7, 11) is 0. The molecule has 1 N–H and O–H groups in total. The monoisotopic (exact) mass is 276 g/mol. The van der Waals surface area contributed by atoms with Crippen LogP contribution in [0, 0.1) is 0 Å². The van der Waals surface area contributed by atoms with Crippen LogP contribution in [0.5, 0.6) is 5.75 Å². The molecule has 0 saturated heterocycles. The first-order valence-corrected chi connectivity index (χ1v) is 6.67. The number of anilines is 1. The standard InChI is InChI=1S/C14H19NO.C2H4O2/c1-5-16-11-6-7-13-12(8-11)10(2)9-14(3,4)15-13;1-2(3)4/h6-9,15H,5H2,1-4H3;1H3,(H,3,4)/p-1. The summed E-state index contributed by atoms with van der Waals surface area (Å²) in [5.41, 5.74) is 3.77. The highest BCUT2D eigenvalue weighted by molar-refractivity contribution is 5.80. The van der Waals surface area contributed by atoms with Gasteiger partial charge in [-0.3, -0.25) is 0 Å². The number of hydrogen-bond acceptors (Lipinski definition) is 4. The molecule has 0 aromatic heterocycles. The Kier molecular flexibility index (Phi) is 5.19. The van der Waals surface area contributed by atoms with E-state index >= 15 is 0 Å². The average Bonchev–Trinajstić information content (AvgIpc) is 2.28. The number of hydrogen-bond donors (Lipinski definition) is 1. The Bertz CT molecular complexity index is 514. The molecule has 0 fully saturated rings. The molecule has 4 heteroatoms. The Morgan fingerprint density at radius 3 is 2.55 bits per heavy atom. The zero-order valence-corrected chi connectivity index (χ0v) is 12.7. The van der Waals surface area contributed by atoms with E-state index in [1.54, 1.807) is 0 Å². The van der Waals surface area contributed by atoms with E-state index in [4.69, 9.17) is 14.6 Å². The van der Waals surface area contributed by atoms with Crippen molar-refractivity contribution in [2.45, 2.75) is 40.2 Å². The number of carbonyl (C=O) groups excluding carboxylic acids is 1. The van der Waals surface area contributed by atoms with Crippen molar-refractivity contribution in [1.29, 1.82) is 0 Å². The maximum Gasteiger partial charge on any atom is 0.120 e. The molecule has 0 radical (unpaired) electrons. The van der Waals surface area contributed by atoms with Gasteiger partial charge in [-0.25, -0.2) is 0 Å². The van der Waals surface area contributed by atoms with Gasteiger partial charge in [0.05, 0.1) is 12.1 Å². The molecule has 1 aliphatic heterocycles. The van der Waals surface area contributed by atoms with Crippen molar-refractivity contribution >= 4 is 17.2 Å². The van der Waals surface area contributed by atoms with Crippen molar-refractivity contribution in [1.82, 2.24) is 0 Å². The number of ether oxygens (including phenoxy) is 1. The Morgan fingerprint density at radius 2 is 2.00 bits per heavy atom. The zero-order valence-electron chi connectivity index (χ0n) is 12.7. The van der Waals surface area contributed by atoms with Crippen molar-refractivity contribution in [3.63, 3.8) is 0 Å². The summed E-state index contributed by atoms with van der Waals surface area (Å²) in [6.07, 6.45) is 2.26. The first-order chi connectivity index (χ1) is 9.25. The normalized spacial score (nSPS) is 14.9. The number of carbonyl (C=O) groups is 1. The van der Waals surface area contributed by atoms with Gasteiger partial charge in [-0.1, -0.05) is 6.08 Å². The van der Waals surface area contributed by atoms with Crippen LogP contribution in [-0.4, -0.2) is 18.1 Å². The summed E-state index contributed by atoms with van der Waals surface area (Å²) >= 11 is 0. The number of carboxylic acids is 1. The second-order valence-electron chi connectivity index (χ2n) is 5.31. The molecule has 0 aliphatic carbocycles. The van der Waals surface area contributed by atoms with Gasteiger partial charge < -0.3 is 20.0 Å². The highest BCUT2D eigenvalue weighted by Crippen LogP contribution is 2.35. The van der Waals surface area contributed by atoms with Gasteiger partial charge in [0.15, 0.2) is 0 Å². The number of rotatable bonds is 2. The van der Waals surface area contributed by atoms with Crippen LogP contribution in [0.15, 0.2) is 24.3 Å². The third-order valence-corrected chi connectivity index (χ3v) is 2.76. The predicted octanol–water partition coefficient (Wildman–Crippen LogP) is 2.45. The van der Waals surface area contributed by atoms with Gasteiger partial charge in [0.1, 0.15) is 5.75 Å². The van der Waals surface area contributed by atoms with Gasteiger partial charge in [-0.05, 0) is 58.4 Å². The number of benzene rings is 1. The third kappa shape index (κ3) is 4.61. The minimum absolute atomic E-state index is 0.0320. The van der Waals surface area contributed by atoms with Gasteiger partial charge in [-0.2, -0.15) is 0 Å². The van der Waals surface area contributed by atoms with E-state index in [0.717, 1.165) is 12.7 Å². The van der Waals surface area contributed by atoms with Crippen LogP contribution >= 0.6 is 0 Å². The topological polar surface area (TPSA) is 61.4 Å². The summed E-state index contributed by atoms with van der Waals surface area (Å²) in [6.45, 7) is 10.2. The number of nitrogens with one attached hydrogen (secondary N) is 1. The SMILES string of the molecule is CC(=O)[O-].CCOc1ccc2c(c1)C(C)=CC(C)(C)N2. The molecular weight excluding hydrogens is 254 g/mol. The molecule has 1 aliphatic rings. The molecule has 20 heavy (non-hydrogen) atoms. The molecule has 4 nitrogen and oxygen atoms in total. The minimum atomic E-state index is -1.08. The van der Waals surface area contributed by atoms with Crippen LogP contribution in [0.2, 0.25) is 0 Å². The Balaban J connectivity index is 0.000000444. The molecule has 0 atom stereocenters. The van der Waals surface area contributed by atoms with Gasteiger partial charge in [0, 0.05) is 17.2 Å². The lowest BCUT2D eigenvalue weighted by atomic mass is 9.91. The molecule has 0 amide bonds. The summed E-state index contributed by atoms with van der Waals surface area (Å²) in [4.78, 5) is 8.89.